The van der Waals surface area contributed by atoms with Gasteiger partial charge < -0.3 is 4.74 Å². The zero-order valence-electron chi connectivity index (χ0n) is 12.6. The molecule has 112 valence electrons. The number of hydrogen-bond donors (Lipinski definition) is 0. The lowest BCUT2D eigenvalue weighted by molar-refractivity contribution is 0.414. The average molecular weight is 311 g/mol. The highest BCUT2D eigenvalue weighted by Gasteiger charge is 2.15. The van der Waals surface area contributed by atoms with E-state index in [1.165, 1.54) is 0 Å². The molecular weight excluding hydrogens is 294 g/mol. The first kappa shape index (κ1) is 14.7. The van der Waals surface area contributed by atoms with Crippen LogP contribution >= 0.6 is 11.8 Å². The molecule has 0 spiro atoms. The van der Waals surface area contributed by atoms with Crippen LogP contribution in [0.3, 0.4) is 0 Å². The Morgan fingerprint density at radius 2 is 1.73 bits per heavy atom. The van der Waals surface area contributed by atoms with Gasteiger partial charge in [0, 0.05) is 11.3 Å². The summed E-state index contributed by atoms with van der Waals surface area (Å²) < 4.78 is 7.32. The Labute approximate surface area is 134 Å². The van der Waals surface area contributed by atoms with Crippen LogP contribution in [0.25, 0.3) is 17.1 Å². The van der Waals surface area contributed by atoms with Crippen molar-refractivity contribution in [2.75, 3.05) is 12.9 Å². The standard InChI is InChI=1S/C17H17N3OS/c1-3-22-17-19-18-16(13-7-5-4-6-8-13)20(17)14-9-11-15(21-2)12-10-14/h4-12H,3H2,1-2H3. The third-order valence-electron chi connectivity index (χ3n) is 3.27. The second-order valence-electron chi connectivity index (χ2n) is 4.64. The summed E-state index contributed by atoms with van der Waals surface area (Å²) in [6, 6.07) is 18.1. The molecule has 0 fully saturated rings. The van der Waals surface area contributed by atoms with Gasteiger partial charge in [0.25, 0.3) is 0 Å². The van der Waals surface area contributed by atoms with Crippen LogP contribution in [-0.2, 0) is 0 Å². The van der Waals surface area contributed by atoms with Gasteiger partial charge in [-0.3, -0.25) is 4.57 Å². The monoisotopic (exact) mass is 311 g/mol. The van der Waals surface area contributed by atoms with Crippen molar-refractivity contribution in [1.82, 2.24) is 14.8 Å². The van der Waals surface area contributed by atoms with Gasteiger partial charge in [0.15, 0.2) is 11.0 Å². The second-order valence-corrected chi connectivity index (χ2v) is 5.87. The van der Waals surface area contributed by atoms with Gasteiger partial charge >= 0.3 is 0 Å². The van der Waals surface area contributed by atoms with Crippen molar-refractivity contribution in [3.63, 3.8) is 0 Å². The van der Waals surface area contributed by atoms with Crippen molar-refractivity contribution in [3.8, 4) is 22.8 Å². The van der Waals surface area contributed by atoms with Gasteiger partial charge in [-0.25, -0.2) is 0 Å². The van der Waals surface area contributed by atoms with Crippen LogP contribution in [0, 0.1) is 0 Å². The van der Waals surface area contributed by atoms with Gasteiger partial charge in [-0.1, -0.05) is 49.0 Å². The fourth-order valence-corrected chi connectivity index (χ4v) is 2.91. The van der Waals surface area contributed by atoms with E-state index in [4.69, 9.17) is 4.74 Å². The SMILES string of the molecule is CCSc1nnc(-c2ccccc2)n1-c1ccc(OC)cc1. The third kappa shape index (κ3) is 2.85. The highest BCUT2D eigenvalue weighted by molar-refractivity contribution is 7.99. The largest absolute Gasteiger partial charge is 0.497 e. The number of aromatic nitrogens is 3. The third-order valence-corrected chi connectivity index (χ3v) is 4.08. The van der Waals surface area contributed by atoms with Gasteiger partial charge in [0.1, 0.15) is 5.75 Å². The molecule has 1 heterocycles. The van der Waals surface area contributed by atoms with Gasteiger partial charge in [0.2, 0.25) is 0 Å². The van der Waals surface area contributed by atoms with Crippen LogP contribution in [0.5, 0.6) is 5.75 Å². The first-order valence-corrected chi connectivity index (χ1v) is 8.10. The number of ether oxygens (including phenoxy) is 1. The Bertz CT molecular complexity index is 738. The molecule has 0 saturated carbocycles. The quantitative estimate of drug-likeness (QED) is 0.666. The highest BCUT2D eigenvalue weighted by atomic mass is 32.2. The first-order valence-electron chi connectivity index (χ1n) is 7.11. The summed E-state index contributed by atoms with van der Waals surface area (Å²) in [5, 5.41) is 9.63. The van der Waals surface area contributed by atoms with Crippen molar-refractivity contribution in [2.24, 2.45) is 0 Å². The minimum atomic E-state index is 0.836. The van der Waals surface area contributed by atoms with E-state index in [9.17, 15) is 0 Å². The van der Waals surface area contributed by atoms with Crippen molar-refractivity contribution in [2.45, 2.75) is 12.1 Å². The van der Waals surface area contributed by atoms with E-state index in [1.807, 2.05) is 54.6 Å². The number of benzene rings is 2. The van der Waals surface area contributed by atoms with E-state index >= 15 is 0 Å². The van der Waals surface area contributed by atoms with Gasteiger partial charge in [0.05, 0.1) is 7.11 Å². The fourth-order valence-electron chi connectivity index (χ4n) is 2.23. The molecule has 0 radical (unpaired) electrons. The van der Waals surface area contributed by atoms with E-state index in [2.05, 4.69) is 21.7 Å². The van der Waals surface area contributed by atoms with E-state index < -0.39 is 0 Å². The van der Waals surface area contributed by atoms with E-state index in [0.717, 1.165) is 33.7 Å². The molecule has 22 heavy (non-hydrogen) atoms. The summed E-state index contributed by atoms with van der Waals surface area (Å²) in [4.78, 5) is 0. The zero-order valence-corrected chi connectivity index (χ0v) is 13.4. The molecule has 3 rings (SSSR count). The van der Waals surface area contributed by atoms with E-state index in [-0.39, 0.29) is 0 Å². The summed E-state index contributed by atoms with van der Waals surface area (Å²) in [7, 11) is 1.67. The molecule has 0 aliphatic rings. The Hall–Kier alpha value is -2.27. The molecule has 5 heteroatoms. The highest BCUT2D eigenvalue weighted by Crippen LogP contribution is 2.28. The molecule has 0 amide bonds. The molecule has 1 aromatic heterocycles. The molecule has 0 atom stereocenters. The molecule has 0 saturated heterocycles. The smallest absolute Gasteiger partial charge is 0.196 e. The molecule has 0 unspecified atom stereocenters. The van der Waals surface area contributed by atoms with Crippen LogP contribution in [0.4, 0.5) is 0 Å². The Morgan fingerprint density at radius 3 is 2.36 bits per heavy atom. The lowest BCUT2D eigenvalue weighted by Gasteiger charge is -2.10. The summed E-state index contributed by atoms with van der Waals surface area (Å²) >= 11 is 1.68. The van der Waals surface area contributed by atoms with Crippen LogP contribution in [0.2, 0.25) is 0 Å². The molecule has 4 nitrogen and oxygen atoms in total. The van der Waals surface area contributed by atoms with E-state index in [0.29, 0.717) is 0 Å². The van der Waals surface area contributed by atoms with Crippen LogP contribution in [0.15, 0.2) is 59.8 Å². The summed E-state index contributed by atoms with van der Waals surface area (Å²) in [6.07, 6.45) is 0. The number of rotatable bonds is 5. The predicted molar refractivity (Wildman–Crippen MR) is 89.7 cm³/mol. The number of hydrogen-bond acceptors (Lipinski definition) is 4. The minimum absolute atomic E-state index is 0.836. The Kier molecular flexibility index (Phi) is 4.44. The molecule has 2 aromatic carbocycles. The molecular formula is C17H17N3OS. The zero-order chi connectivity index (χ0) is 15.4. The van der Waals surface area contributed by atoms with Crippen molar-refractivity contribution in [3.05, 3.63) is 54.6 Å². The van der Waals surface area contributed by atoms with Gasteiger partial charge in [-0.05, 0) is 30.0 Å². The topological polar surface area (TPSA) is 39.9 Å². The number of nitrogens with zero attached hydrogens (tertiary/aromatic N) is 3. The molecule has 0 bridgehead atoms. The minimum Gasteiger partial charge on any atom is -0.497 e. The van der Waals surface area contributed by atoms with Crippen LogP contribution in [-0.4, -0.2) is 27.6 Å². The van der Waals surface area contributed by atoms with Crippen LogP contribution < -0.4 is 4.74 Å². The maximum Gasteiger partial charge on any atom is 0.196 e. The van der Waals surface area contributed by atoms with Gasteiger partial charge in [-0.2, -0.15) is 0 Å². The summed E-state index contributed by atoms with van der Waals surface area (Å²) in [6.45, 7) is 2.11. The summed E-state index contributed by atoms with van der Waals surface area (Å²) in [5.41, 5.74) is 2.08. The maximum absolute atomic E-state index is 5.23. The molecule has 3 aromatic rings. The Morgan fingerprint density at radius 1 is 1.00 bits per heavy atom. The van der Waals surface area contributed by atoms with Crippen molar-refractivity contribution in [1.29, 1.82) is 0 Å². The molecule has 0 N–H and O–H groups in total. The van der Waals surface area contributed by atoms with Crippen LogP contribution in [0.1, 0.15) is 6.92 Å². The number of thioether (sulfide) groups is 1. The first-order chi connectivity index (χ1) is 10.8. The fraction of sp³-hybridized carbons (Fsp3) is 0.176. The van der Waals surface area contributed by atoms with E-state index in [1.54, 1.807) is 18.9 Å². The molecule has 0 aliphatic carbocycles. The van der Waals surface area contributed by atoms with Gasteiger partial charge in [-0.15, -0.1) is 10.2 Å². The number of methoxy groups -OCH3 is 1. The van der Waals surface area contributed by atoms with Crippen molar-refractivity contribution < 1.29 is 4.74 Å². The molecule has 0 aliphatic heterocycles. The predicted octanol–water partition coefficient (Wildman–Crippen LogP) is 4.05. The lowest BCUT2D eigenvalue weighted by atomic mass is 10.2. The lowest BCUT2D eigenvalue weighted by Crippen LogP contribution is -1.99. The average Bonchev–Trinajstić information content (AvgIpc) is 3.00. The summed E-state index contributed by atoms with van der Waals surface area (Å²) in [5.74, 6) is 2.63. The normalized spacial score (nSPS) is 10.6. The Balaban J connectivity index is 2.12. The maximum atomic E-state index is 5.23. The second kappa shape index (κ2) is 6.66. The van der Waals surface area contributed by atoms with Crippen molar-refractivity contribution >= 4 is 11.8 Å².